The highest BCUT2D eigenvalue weighted by atomic mass is 16.3. The van der Waals surface area contributed by atoms with Crippen molar-refractivity contribution in [1.29, 1.82) is 0 Å². The van der Waals surface area contributed by atoms with E-state index < -0.39 is 0 Å². The molecule has 1 N–H and O–H groups in total. The van der Waals surface area contributed by atoms with Crippen LogP contribution in [0.1, 0.15) is 47.0 Å². The van der Waals surface area contributed by atoms with Gasteiger partial charge in [0.25, 0.3) is 0 Å². The second-order valence-corrected chi connectivity index (χ2v) is 7.09. The van der Waals surface area contributed by atoms with E-state index >= 15 is 0 Å². The van der Waals surface area contributed by atoms with E-state index in [-0.39, 0.29) is 11.5 Å². The highest BCUT2D eigenvalue weighted by Gasteiger charge is 2.36. The van der Waals surface area contributed by atoms with Crippen molar-refractivity contribution in [3.05, 3.63) is 0 Å². The molecule has 2 aliphatic rings. The zero-order valence-corrected chi connectivity index (χ0v) is 12.5. The van der Waals surface area contributed by atoms with E-state index in [1.165, 1.54) is 38.9 Å². The third-order valence-electron chi connectivity index (χ3n) is 5.06. The Hall–Kier alpha value is -0.120. The SMILES string of the molecule is CC1CN2CCCCC2CN1CC(C)(C)C(C)O. The molecule has 2 rings (SSSR count). The third-order valence-corrected chi connectivity index (χ3v) is 5.06. The Morgan fingerprint density at radius 1 is 1.28 bits per heavy atom. The highest BCUT2D eigenvalue weighted by Crippen LogP contribution is 2.28. The highest BCUT2D eigenvalue weighted by molar-refractivity contribution is 4.91. The maximum atomic E-state index is 9.89. The first-order valence-electron chi connectivity index (χ1n) is 7.56. The maximum absolute atomic E-state index is 9.89. The van der Waals surface area contributed by atoms with E-state index in [4.69, 9.17) is 0 Å². The normalized spacial score (nSPS) is 33.2. The summed E-state index contributed by atoms with van der Waals surface area (Å²) in [5.41, 5.74) is -0.00883. The van der Waals surface area contributed by atoms with Gasteiger partial charge in [-0.2, -0.15) is 0 Å². The molecule has 0 aliphatic carbocycles. The van der Waals surface area contributed by atoms with Crippen LogP contribution in [0.15, 0.2) is 0 Å². The van der Waals surface area contributed by atoms with Gasteiger partial charge in [0.15, 0.2) is 0 Å². The van der Waals surface area contributed by atoms with Crippen molar-refractivity contribution >= 4 is 0 Å². The van der Waals surface area contributed by atoms with Gasteiger partial charge in [0.2, 0.25) is 0 Å². The lowest BCUT2D eigenvalue weighted by Crippen LogP contribution is -2.60. The predicted molar refractivity (Wildman–Crippen MR) is 75.7 cm³/mol. The van der Waals surface area contributed by atoms with Crippen LogP contribution in [0, 0.1) is 5.41 Å². The monoisotopic (exact) mass is 254 g/mol. The second-order valence-electron chi connectivity index (χ2n) is 7.09. The molecule has 0 radical (unpaired) electrons. The first-order valence-corrected chi connectivity index (χ1v) is 7.56. The minimum atomic E-state index is -0.242. The van der Waals surface area contributed by atoms with Crippen molar-refractivity contribution in [3.8, 4) is 0 Å². The summed E-state index contributed by atoms with van der Waals surface area (Å²) < 4.78 is 0. The molecule has 3 atom stereocenters. The van der Waals surface area contributed by atoms with Gasteiger partial charge in [0.1, 0.15) is 0 Å². The molecule has 2 heterocycles. The van der Waals surface area contributed by atoms with Crippen molar-refractivity contribution < 1.29 is 5.11 Å². The molecular formula is C15H30N2O. The summed E-state index contributed by atoms with van der Waals surface area (Å²) in [4.78, 5) is 5.28. The number of rotatable bonds is 3. The molecule has 0 aromatic carbocycles. The molecule has 0 saturated carbocycles. The van der Waals surface area contributed by atoms with Crippen LogP contribution in [0.3, 0.4) is 0 Å². The van der Waals surface area contributed by atoms with E-state index in [0.717, 1.165) is 12.6 Å². The van der Waals surface area contributed by atoms with Gasteiger partial charge in [-0.1, -0.05) is 20.3 Å². The fraction of sp³-hybridized carbons (Fsp3) is 1.00. The lowest BCUT2D eigenvalue weighted by Gasteiger charge is -2.49. The van der Waals surface area contributed by atoms with Gasteiger partial charge in [-0.3, -0.25) is 9.80 Å². The lowest BCUT2D eigenvalue weighted by molar-refractivity contribution is -0.0286. The van der Waals surface area contributed by atoms with Gasteiger partial charge in [-0.05, 0) is 33.2 Å². The quantitative estimate of drug-likeness (QED) is 0.834. The minimum Gasteiger partial charge on any atom is -0.393 e. The predicted octanol–water partition coefficient (Wildman–Crippen LogP) is 1.95. The molecule has 18 heavy (non-hydrogen) atoms. The minimum absolute atomic E-state index is 0.00883. The average molecular weight is 254 g/mol. The fourth-order valence-corrected chi connectivity index (χ4v) is 3.29. The van der Waals surface area contributed by atoms with Crippen LogP contribution < -0.4 is 0 Å². The molecule has 0 bridgehead atoms. The van der Waals surface area contributed by atoms with E-state index in [2.05, 4.69) is 30.6 Å². The van der Waals surface area contributed by atoms with Gasteiger partial charge in [-0.25, -0.2) is 0 Å². The van der Waals surface area contributed by atoms with E-state index in [9.17, 15) is 5.11 Å². The Balaban J connectivity index is 1.97. The van der Waals surface area contributed by atoms with Gasteiger partial charge < -0.3 is 5.11 Å². The van der Waals surface area contributed by atoms with Crippen molar-refractivity contribution in [2.45, 2.75) is 65.1 Å². The van der Waals surface area contributed by atoms with Crippen LogP contribution >= 0.6 is 0 Å². The molecule has 0 aromatic rings. The van der Waals surface area contributed by atoms with Crippen molar-refractivity contribution in [1.82, 2.24) is 9.80 Å². The number of piperidine rings is 1. The summed E-state index contributed by atoms with van der Waals surface area (Å²) in [7, 11) is 0. The summed E-state index contributed by atoms with van der Waals surface area (Å²) in [5.74, 6) is 0. The summed E-state index contributed by atoms with van der Waals surface area (Å²) in [6.45, 7) is 13.3. The lowest BCUT2D eigenvalue weighted by atomic mass is 9.85. The van der Waals surface area contributed by atoms with Crippen LogP contribution in [0.2, 0.25) is 0 Å². The largest absolute Gasteiger partial charge is 0.393 e. The zero-order valence-electron chi connectivity index (χ0n) is 12.5. The number of aliphatic hydroxyl groups excluding tert-OH is 1. The fourth-order valence-electron chi connectivity index (χ4n) is 3.29. The molecular weight excluding hydrogens is 224 g/mol. The number of fused-ring (bicyclic) bond motifs is 1. The number of hydrogen-bond donors (Lipinski definition) is 1. The number of nitrogens with zero attached hydrogens (tertiary/aromatic N) is 2. The standard InChI is InChI=1S/C15H30N2O/c1-12-9-16-8-6-5-7-14(16)10-17(12)11-15(3,4)13(2)18/h12-14,18H,5-11H2,1-4H3. The molecule has 0 aromatic heterocycles. The number of piperazine rings is 1. The molecule has 3 nitrogen and oxygen atoms in total. The van der Waals surface area contributed by atoms with Gasteiger partial charge in [0.05, 0.1) is 6.10 Å². The topological polar surface area (TPSA) is 26.7 Å². The van der Waals surface area contributed by atoms with Gasteiger partial charge >= 0.3 is 0 Å². The van der Waals surface area contributed by atoms with Crippen LogP contribution in [0.4, 0.5) is 0 Å². The van der Waals surface area contributed by atoms with E-state index in [1.807, 2.05) is 6.92 Å². The Kier molecular flexibility index (Phi) is 4.35. The van der Waals surface area contributed by atoms with Crippen LogP contribution in [-0.2, 0) is 0 Å². The molecule has 106 valence electrons. The third kappa shape index (κ3) is 3.06. The van der Waals surface area contributed by atoms with Crippen molar-refractivity contribution in [2.75, 3.05) is 26.2 Å². The average Bonchev–Trinajstić information content (AvgIpc) is 2.29. The molecule has 2 aliphatic heterocycles. The Bertz CT molecular complexity index is 278. The van der Waals surface area contributed by atoms with Crippen LogP contribution in [0.25, 0.3) is 0 Å². The van der Waals surface area contributed by atoms with Crippen LogP contribution in [0.5, 0.6) is 0 Å². The van der Waals surface area contributed by atoms with E-state index in [1.54, 1.807) is 0 Å². The van der Waals surface area contributed by atoms with Gasteiger partial charge in [-0.15, -0.1) is 0 Å². The first kappa shape index (κ1) is 14.3. The molecule has 0 amide bonds. The maximum Gasteiger partial charge on any atom is 0.0575 e. The Morgan fingerprint density at radius 3 is 2.67 bits per heavy atom. The summed E-state index contributed by atoms with van der Waals surface area (Å²) >= 11 is 0. The molecule has 3 heteroatoms. The molecule has 3 unspecified atom stereocenters. The summed E-state index contributed by atoms with van der Waals surface area (Å²) in [6, 6.07) is 1.39. The van der Waals surface area contributed by atoms with Gasteiger partial charge in [0, 0.05) is 37.1 Å². The zero-order chi connectivity index (χ0) is 13.3. The smallest absolute Gasteiger partial charge is 0.0575 e. The Labute approximate surface area is 112 Å². The number of hydrogen-bond acceptors (Lipinski definition) is 3. The summed E-state index contributed by atoms with van der Waals surface area (Å²) in [6.07, 6.45) is 3.89. The summed E-state index contributed by atoms with van der Waals surface area (Å²) in [5, 5.41) is 9.89. The Morgan fingerprint density at radius 2 is 2.00 bits per heavy atom. The second kappa shape index (κ2) is 5.48. The van der Waals surface area contributed by atoms with Crippen molar-refractivity contribution in [3.63, 3.8) is 0 Å². The van der Waals surface area contributed by atoms with E-state index in [0.29, 0.717) is 6.04 Å². The van der Waals surface area contributed by atoms with Crippen LogP contribution in [-0.4, -0.2) is 59.3 Å². The number of aliphatic hydroxyl groups is 1. The molecule has 2 fully saturated rings. The first-order chi connectivity index (χ1) is 8.40. The molecule has 2 saturated heterocycles. The van der Waals surface area contributed by atoms with Crippen molar-refractivity contribution in [2.24, 2.45) is 5.41 Å². The molecule has 0 spiro atoms.